The number of halogens is 4. The molecule has 1 aliphatic rings. The molecule has 1 saturated heterocycles. The maximum atomic E-state index is 13.5. The molecule has 1 aliphatic heterocycles. The summed E-state index contributed by atoms with van der Waals surface area (Å²) in [5.74, 6) is 0.168. The maximum Gasteiger partial charge on any atom is 0.433 e. The maximum absolute atomic E-state index is 13.5. The van der Waals surface area contributed by atoms with E-state index < -0.39 is 11.9 Å². The van der Waals surface area contributed by atoms with E-state index in [4.69, 9.17) is 22.6 Å². The molecule has 2 heterocycles. The number of nitriles is 1. The Morgan fingerprint density at radius 3 is 2.53 bits per heavy atom. The molecule has 0 amide bonds. The number of pyridine rings is 1. The van der Waals surface area contributed by atoms with Crippen molar-refractivity contribution in [2.45, 2.75) is 24.4 Å². The Morgan fingerprint density at radius 1 is 1.18 bits per heavy atom. The normalized spacial score (nSPS) is 16.3. The number of hydrogen-bond acceptors (Lipinski definition) is 4. The number of nitrogens with one attached hydrogen (secondary N) is 1. The molecule has 6 nitrogen and oxygen atoms in total. The molecule has 3 N–H and O–H groups in total. The van der Waals surface area contributed by atoms with Gasteiger partial charge >= 0.3 is 6.18 Å². The van der Waals surface area contributed by atoms with Crippen molar-refractivity contribution in [2.24, 2.45) is 10.7 Å². The number of fused-ring (bicyclic) bond motifs is 1. The third kappa shape index (κ3) is 4.87. The molecule has 0 radical (unpaired) electrons. The molecule has 0 saturated carbocycles. The Kier molecular flexibility index (Phi) is 6.53. The first-order valence-electron chi connectivity index (χ1n) is 10.7. The van der Waals surface area contributed by atoms with Crippen LogP contribution >= 0.6 is 11.6 Å². The second kappa shape index (κ2) is 9.39. The van der Waals surface area contributed by atoms with Gasteiger partial charge in [0, 0.05) is 41.1 Å². The highest BCUT2D eigenvalue weighted by Crippen LogP contribution is 2.38. The summed E-state index contributed by atoms with van der Waals surface area (Å²) in [6.45, 7) is 1.51. The van der Waals surface area contributed by atoms with Crippen LogP contribution in [-0.2, 0) is 11.6 Å². The number of guanidine groups is 1. The average Bonchev–Trinajstić information content (AvgIpc) is 2.83. The molecule has 0 unspecified atom stereocenters. The number of rotatable bonds is 4. The van der Waals surface area contributed by atoms with Crippen LogP contribution in [-0.4, -0.2) is 35.5 Å². The number of aromatic nitrogens is 1. The molecule has 2 aromatic carbocycles. The second-order valence-electron chi connectivity index (χ2n) is 8.27. The number of nitrogens with two attached hydrogens (primary N) is 1. The van der Waals surface area contributed by atoms with Gasteiger partial charge in [-0.2, -0.15) is 18.4 Å². The van der Waals surface area contributed by atoms with Crippen molar-refractivity contribution in [3.05, 3.63) is 70.9 Å². The van der Waals surface area contributed by atoms with E-state index in [1.54, 1.807) is 12.3 Å². The Balaban J connectivity index is 1.69. The second-order valence-corrected chi connectivity index (χ2v) is 8.71. The highest BCUT2D eigenvalue weighted by atomic mass is 35.5. The quantitative estimate of drug-likeness (QED) is 0.302. The molecule has 0 atom stereocenters. The summed E-state index contributed by atoms with van der Waals surface area (Å²) in [5.41, 5.74) is 6.18. The van der Waals surface area contributed by atoms with Crippen molar-refractivity contribution in [2.75, 3.05) is 25.0 Å². The Bertz CT molecular complexity index is 1250. The van der Waals surface area contributed by atoms with E-state index in [2.05, 4.69) is 15.3 Å². The van der Waals surface area contributed by atoms with E-state index in [1.807, 2.05) is 35.2 Å². The number of nitrogens with zero attached hydrogens (tertiary/aromatic N) is 4. The monoisotopic (exact) mass is 486 g/mol. The Labute approximate surface area is 199 Å². The molecule has 1 aromatic heterocycles. The standard InChI is InChI=1S/C24H22ClF3N6/c25-17-6-7-19-18(12-17)20(13-21(33-19)24(26,27)28)31-14-23(16-4-2-1-3-5-16)8-10-34(11-9-23)22(30)32-15-29/h1-7,12-13H,8-11,14H2,(H2,30,32)(H,31,33). The van der Waals surface area contributed by atoms with Gasteiger partial charge in [0.15, 0.2) is 0 Å². The van der Waals surface area contributed by atoms with Gasteiger partial charge in [-0.25, -0.2) is 4.98 Å². The van der Waals surface area contributed by atoms with Crippen molar-refractivity contribution in [3.8, 4) is 6.19 Å². The van der Waals surface area contributed by atoms with E-state index in [-0.39, 0.29) is 16.9 Å². The first-order valence-corrected chi connectivity index (χ1v) is 11.0. The summed E-state index contributed by atoms with van der Waals surface area (Å²) in [5, 5.41) is 13.0. The molecular formula is C24H22ClF3N6. The lowest BCUT2D eigenvalue weighted by Gasteiger charge is -2.43. The number of hydrogen-bond donors (Lipinski definition) is 2. The first-order chi connectivity index (χ1) is 16.2. The minimum atomic E-state index is -4.58. The average molecular weight is 487 g/mol. The number of likely N-dealkylation sites (tertiary alicyclic amines) is 1. The zero-order chi connectivity index (χ0) is 24.3. The van der Waals surface area contributed by atoms with Crippen molar-refractivity contribution in [3.63, 3.8) is 0 Å². The Morgan fingerprint density at radius 2 is 1.88 bits per heavy atom. The molecule has 10 heteroatoms. The molecule has 0 bridgehead atoms. The predicted octanol–water partition coefficient (Wildman–Crippen LogP) is 5.15. The third-order valence-corrected chi connectivity index (χ3v) is 6.51. The summed E-state index contributed by atoms with van der Waals surface area (Å²) in [6, 6.07) is 15.5. The van der Waals surface area contributed by atoms with Gasteiger partial charge in [-0.1, -0.05) is 41.9 Å². The SMILES string of the molecule is N#CN=C(N)N1CCC(CNc2cc(C(F)(F)F)nc3ccc(Cl)cc23)(c2ccccc2)CC1. The summed E-state index contributed by atoms with van der Waals surface area (Å²) >= 11 is 6.13. The summed E-state index contributed by atoms with van der Waals surface area (Å²) < 4.78 is 40.6. The fraction of sp³-hybridized carbons (Fsp3) is 0.292. The zero-order valence-electron chi connectivity index (χ0n) is 18.1. The van der Waals surface area contributed by atoms with E-state index in [0.29, 0.717) is 48.6 Å². The smallest absolute Gasteiger partial charge is 0.384 e. The van der Waals surface area contributed by atoms with Crippen LogP contribution in [0.1, 0.15) is 24.1 Å². The molecule has 4 rings (SSSR count). The molecule has 34 heavy (non-hydrogen) atoms. The minimum absolute atomic E-state index is 0.168. The van der Waals surface area contributed by atoms with Crippen LogP contribution in [0.2, 0.25) is 5.02 Å². The van der Waals surface area contributed by atoms with Crippen LogP contribution in [0.5, 0.6) is 0 Å². The predicted molar refractivity (Wildman–Crippen MR) is 126 cm³/mol. The van der Waals surface area contributed by atoms with Crippen molar-refractivity contribution in [1.82, 2.24) is 9.88 Å². The largest absolute Gasteiger partial charge is 0.433 e. The van der Waals surface area contributed by atoms with Crippen molar-refractivity contribution >= 4 is 34.2 Å². The van der Waals surface area contributed by atoms with Crippen LogP contribution in [0.25, 0.3) is 10.9 Å². The van der Waals surface area contributed by atoms with Gasteiger partial charge < -0.3 is 16.0 Å². The third-order valence-electron chi connectivity index (χ3n) is 6.27. The summed E-state index contributed by atoms with van der Waals surface area (Å²) in [7, 11) is 0. The number of alkyl halides is 3. The van der Waals surface area contributed by atoms with Crippen LogP contribution in [0, 0.1) is 11.5 Å². The van der Waals surface area contributed by atoms with Gasteiger partial charge in [0.05, 0.1) is 5.52 Å². The van der Waals surface area contributed by atoms with E-state index >= 15 is 0 Å². The number of anilines is 1. The van der Waals surface area contributed by atoms with Crippen LogP contribution in [0.3, 0.4) is 0 Å². The number of benzene rings is 2. The number of piperidine rings is 1. The highest BCUT2D eigenvalue weighted by Gasteiger charge is 2.37. The van der Waals surface area contributed by atoms with Gasteiger partial charge in [-0.05, 0) is 42.7 Å². The lowest BCUT2D eigenvalue weighted by atomic mass is 9.72. The van der Waals surface area contributed by atoms with Gasteiger partial charge in [0.25, 0.3) is 0 Å². The molecule has 1 fully saturated rings. The lowest BCUT2D eigenvalue weighted by Crippen LogP contribution is -2.50. The van der Waals surface area contributed by atoms with E-state index in [9.17, 15) is 13.2 Å². The van der Waals surface area contributed by atoms with Gasteiger partial charge in [-0.15, -0.1) is 4.99 Å². The van der Waals surface area contributed by atoms with E-state index in [1.165, 1.54) is 12.1 Å². The highest BCUT2D eigenvalue weighted by molar-refractivity contribution is 6.31. The molecule has 0 aliphatic carbocycles. The summed E-state index contributed by atoms with van der Waals surface area (Å²) in [4.78, 5) is 9.24. The fourth-order valence-electron chi connectivity index (χ4n) is 4.40. The molecular weight excluding hydrogens is 465 g/mol. The zero-order valence-corrected chi connectivity index (χ0v) is 18.9. The summed E-state index contributed by atoms with van der Waals surface area (Å²) in [6.07, 6.45) is -1.54. The van der Waals surface area contributed by atoms with Gasteiger partial charge in [0.1, 0.15) is 5.69 Å². The first kappa shape index (κ1) is 23.6. The fourth-order valence-corrected chi connectivity index (χ4v) is 4.57. The molecule has 0 spiro atoms. The van der Waals surface area contributed by atoms with Crippen LogP contribution < -0.4 is 11.1 Å². The number of aliphatic imine (C=N–C) groups is 1. The minimum Gasteiger partial charge on any atom is -0.384 e. The van der Waals surface area contributed by atoms with Crippen LogP contribution in [0.4, 0.5) is 18.9 Å². The topological polar surface area (TPSA) is 90.3 Å². The van der Waals surface area contributed by atoms with Gasteiger partial charge in [0.2, 0.25) is 12.2 Å². The Hall–Kier alpha value is -3.51. The molecule has 176 valence electrons. The lowest BCUT2D eigenvalue weighted by molar-refractivity contribution is -0.140. The van der Waals surface area contributed by atoms with Crippen molar-refractivity contribution in [1.29, 1.82) is 5.26 Å². The van der Waals surface area contributed by atoms with E-state index in [0.717, 1.165) is 11.6 Å². The molecule has 3 aromatic rings. The van der Waals surface area contributed by atoms with Crippen molar-refractivity contribution < 1.29 is 13.2 Å². The van der Waals surface area contributed by atoms with Gasteiger partial charge in [-0.3, -0.25) is 0 Å². The van der Waals surface area contributed by atoms with Crippen LogP contribution in [0.15, 0.2) is 59.6 Å².